The summed E-state index contributed by atoms with van der Waals surface area (Å²) in [5.74, 6) is 0.857. The Bertz CT molecular complexity index is 132. The summed E-state index contributed by atoms with van der Waals surface area (Å²) in [6.45, 7) is 9.24. The summed E-state index contributed by atoms with van der Waals surface area (Å²) in [5.41, 5.74) is 0. The lowest BCUT2D eigenvalue weighted by Gasteiger charge is -2.23. The van der Waals surface area contributed by atoms with Gasteiger partial charge in [-0.25, -0.2) is 0 Å². The van der Waals surface area contributed by atoms with Crippen molar-refractivity contribution in [3.05, 3.63) is 0 Å². The number of rotatable bonds is 6. The molecular formula is C11H25N3. The third kappa shape index (κ3) is 4.94. The minimum Gasteiger partial charge on any atom is -0.316 e. The summed E-state index contributed by atoms with van der Waals surface area (Å²) >= 11 is 0. The van der Waals surface area contributed by atoms with E-state index in [4.69, 9.17) is 0 Å². The van der Waals surface area contributed by atoms with Gasteiger partial charge in [0.15, 0.2) is 0 Å². The first-order valence-corrected chi connectivity index (χ1v) is 5.93. The largest absolute Gasteiger partial charge is 0.316 e. The fraction of sp³-hybridized carbons (Fsp3) is 1.00. The highest BCUT2D eigenvalue weighted by Gasteiger charge is 2.11. The molecule has 1 aliphatic rings. The zero-order valence-electron chi connectivity index (χ0n) is 9.68. The molecule has 0 bridgehead atoms. The van der Waals surface area contributed by atoms with Gasteiger partial charge < -0.3 is 15.5 Å². The smallest absolute Gasteiger partial charge is 0.0104 e. The van der Waals surface area contributed by atoms with Crippen LogP contribution in [0, 0.1) is 5.92 Å². The van der Waals surface area contributed by atoms with E-state index in [1.165, 1.54) is 32.5 Å². The van der Waals surface area contributed by atoms with E-state index in [9.17, 15) is 0 Å². The van der Waals surface area contributed by atoms with Crippen LogP contribution in [0.2, 0.25) is 0 Å². The van der Waals surface area contributed by atoms with E-state index in [0.29, 0.717) is 0 Å². The molecule has 0 radical (unpaired) electrons. The Labute approximate surface area is 88.2 Å². The Balaban J connectivity index is 1.92. The minimum atomic E-state index is 0.857. The molecule has 0 aromatic heterocycles. The molecule has 1 atom stereocenters. The van der Waals surface area contributed by atoms with E-state index in [0.717, 1.165) is 25.6 Å². The summed E-state index contributed by atoms with van der Waals surface area (Å²) in [4.78, 5) is 2.34. The Morgan fingerprint density at radius 1 is 1.50 bits per heavy atom. The monoisotopic (exact) mass is 199 g/mol. The third-order valence-electron chi connectivity index (χ3n) is 3.04. The van der Waals surface area contributed by atoms with Crippen LogP contribution in [0.3, 0.4) is 0 Å². The van der Waals surface area contributed by atoms with Crippen LogP contribution in [-0.4, -0.2) is 51.2 Å². The molecule has 0 aromatic rings. The molecule has 0 saturated carbocycles. The third-order valence-corrected chi connectivity index (χ3v) is 3.04. The van der Waals surface area contributed by atoms with Crippen molar-refractivity contribution in [1.82, 2.24) is 15.5 Å². The molecule has 1 aliphatic heterocycles. The summed E-state index contributed by atoms with van der Waals surface area (Å²) in [5, 5.41) is 6.98. The second-order valence-corrected chi connectivity index (χ2v) is 4.31. The molecular weight excluding hydrogens is 174 g/mol. The fourth-order valence-corrected chi connectivity index (χ4v) is 1.83. The SMILES string of the molecule is CCN(C)CCNCC1CCCNC1. The molecule has 84 valence electrons. The van der Waals surface area contributed by atoms with Gasteiger partial charge in [-0.3, -0.25) is 0 Å². The van der Waals surface area contributed by atoms with Crippen molar-refractivity contribution in [2.45, 2.75) is 19.8 Å². The highest BCUT2D eigenvalue weighted by molar-refractivity contribution is 4.71. The minimum absolute atomic E-state index is 0.857. The van der Waals surface area contributed by atoms with E-state index >= 15 is 0 Å². The van der Waals surface area contributed by atoms with Crippen LogP contribution in [0.25, 0.3) is 0 Å². The number of nitrogens with zero attached hydrogens (tertiary/aromatic N) is 1. The molecule has 0 aromatic carbocycles. The van der Waals surface area contributed by atoms with E-state index in [2.05, 4.69) is 29.5 Å². The molecule has 3 heteroatoms. The standard InChI is InChI=1S/C11H25N3/c1-3-14(2)8-7-13-10-11-5-4-6-12-9-11/h11-13H,3-10H2,1-2H3. The van der Waals surface area contributed by atoms with E-state index < -0.39 is 0 Å². The number of likely N-dealkylation sites (N-methyl/N-ethyl adjacent to an activating group) is 1. The first-order chi connectivity index (χ1) is 6.83. The van der Waals surface area contributed by atoms with Gasteiger partial charge in [0.05, 0.1) is 0 Å². The Hall–Kier alpha value is -0.120. The Morgan fingerprint density at radius 3 is 3.00 bits per heavy atom. The second-order valence-electron chi connectivity index (χ2n) is 4.31. The van der Waals surface area contributed by atoms with E-state index in [-0.39, 0.29) is 0 Å². The molecule has 0 aliphatic carbocycles. The number of nitrogens with one attached hydrogen (secondary N) is 2. The summed E-state index contributed by atoms with van der Waals surface area (Å²) in [6, 6.07) is 0. The first kappa shape index (κ1) is 12.0. The zero-order chi connectivity index (χ0) is 10.2. The highest BCUT2D eigenvalue weighted by atomic mass is 15.1. The van der Waals surface area contributed by atoms with Gasteiger partial charge in [-0.05, 0) is 52.0 Å². The predicted octanol–water partition coefficient (Wildman–Crippen LogP) is 0.527. The second kappa shape index (κ2) is 7.21. The predicted molar refractivity (Wildman–Crippen MR) is 61.6 cm³/mol. The molecule has 0 spiro atoms. The quantitative estimate of drug-likeness (QED) is 0.611. The van der Waals surface area contributed by atoms with Gasteiger partial charge in [-0.1, -0.05) is 6.92 Å². The number of piperidine rings is 1. The van der Waals surface area contributed by atoms with Crippen molar-refractivity contribution in [2.24, 2.45) is 5.92 Å². The molecule has 14 heavy (non-hydrogen) atoms. The summed E-state index contributed by atoms with van der Waals surface area (Å²) in [7, 11) is 2.17. The van der Waals surface area contributed by atoms with Crippen LogP contribution in [0.1, 0.15) is 19.8 Å². The fourth-order valence-electron chi connectivity index (χ4n) is 1.83. The van der Waals surface area contributed by atoms with Crippen LogP contribution >= 0.6 is 0 Å². The molecule has 1 heterocycles. The summed E-state index contributed by atoms with van der Waals surface area (Å²) < 4.78 is 0. The van der Waals surface area contributed by atoms with Gasteiger partial charge in [-0.2, -0.15) is 0 Å². The molecule has 1 saturated heterocycles. The van der Waals surface area contributed by atoms with E-state index in [1.807, 2.05) is 0 Å². The lowest BCUT2D eigenvalue weighted by atomic mass is 10.00. The highest BCUT2D eigenvalue weighted by Crippen LogP contribution is 2.07. The van der Waals surface area contributed by atoms with Crippen LogP contribution in [0.5, 0.6) is 0 Å². The van der Waals surface area contributed by atoms with Crippen LogP contribution in [-0.2, 0) is 0 Å². The van der Waals surface area contributed by atoms with Crippen LogP contribution < -0.4 is 10.6 Å². The van der Waals surface area contributed by atoms with Gasteiger partial charge >= 0.3 is 0 Å². The average Bonchev–Trinajstić information content (AvgIpc) is 2.25. The topological polar surface area (TPSA) is 27.3 Å². The maximum Gasteiger partial charge on any atom is 0.0104 e. The number of hydrogen-bond donors (Lipinski definition) is 2. The van der Waals surface area contributed by atoms with Crippen molar-refractivity contribution >= 4 is 0 Å². The molecule has 2 N–H and O–H groups in total. The van der Waals surface area contributed by atoms with Gasteiger partial charge in [0.1, 0.15) is 0 Å². The maximum atomic E-state index is 3.54. The number of hydrogen-bond acceptors (Lipinski definition) is 3. The molecule has 1 fully saturated rings. The molecule has 3 nitrogen and oxygen atoms in total. The Morgan fingerprint density at radius 2 is 2.36 bits per heavy atom. The van der Waals surface area contributed by atoms with Gasteiger partial charge in [0, 0.05) is 13.1 Å². The average molecular weight is 199 g/mol. The van der Waals surface area contributed by atoms with Gasteiger partial charge in [0.25, 0.3) is 0 Å². The van der Waals surface area contributed by atoms with Crippen molar-refractivity contribution in [3.63, 3.8) is 0 Å². The molecule has 0 amide bonds. The Kier molecular flexibility index (Phi) is 6.15. The van der Waals surface area contributed by atoms with E-state index in [1.54, 1.807) is 0 Å². The lowest BCUT2D eigenvalue weighted by Crippen LogP contribution is -2.38. The first-order valence-electron chi connectivity index (χ1n) is 5.93. The van der Waals surface area contributed by atoms with Crippen LogP contribution in [0.15, 0.2) is 0 Å². The molecule has 1 unspecified atom stereocenters. The van der Waals surface area contributed by atoms with Crippen molar-refractivity contribution in [3.8, 4) is 0 Å². The summed E-state index contributed by atoms with van der Waals surface area (Å²) in [6.07, 6.45) is 2.74. The van der Waals surface area contributed by atoms with Crippen molar-refractivity contribution < 1.29 is 0 Å². The normalized spacial score (nSPS) is 22.9. The van der Waals surface area contributed by atoms with Crippen molar-refractivity contribution in [2.75, 3.05) is 46.3 Å². The lowest BCUT2D eigenvalue weighted by molar-refractivity contribution is 0.325. The van der Waals surface area contributed by atoms with Gasteiger partial charge in [-0.15, -0.1) is 0 Å². The maximum absolute atomic E-state index is 3.54. The molecule has 1 rings (SSSR count). The van der Waals surface area contributed by atoms with Crippen LogP contribution in [0.4, 0.5) is 0 Å². The zero-order valence-corrected chi connectivity index (χ0v) is 9.68. The van der Waals surface area contributed by atoms with Gasteiger partial charge in [0.2, 0.25) is 0 Å². The van der Waals surface area contributed by atoms with Crippen molar-refractivity contribution in [1.29, 1.82) is 0 Å².